The molecule has 1 aliphatic heterocycles. The molecule has 1 atom stereocenters. The van der Waals surface area contributed by atoms with E-state index in [0.717, 1.165) is 6.54 Å². The summed E-state index contributed by atoms with van der Waals surface area (Å²) >= 11 is 3.67. The zero-order chi connectivity index (χ0) is 13.0. The fourth-order valence-corrected chi connectivity index (χ4v) is 3.19. The van der Waals surface area contributed by atoms with Gasteiger partial charge in [0, 0.05) is 23.6 Å². The third kappa shape index (κ3) is 3.56. The highest BCUT2D eigenvalue weighted by molar-refractivity contribution is 9.10. The highest BCUT2D eigenvalue weighted by Crippen LogP contribution is 2.24. The first-order valence-corrected chi connectivity index (χ1v) is 7.71. The van der Waals surface area contributed by atoms with Crippen LogP contribution in [-0.2, 0) is 13.1 Å². The summed E-state index contributed by atoms with van der Waals surface area (Å²) in [6.45, 7) is 5.24. The van der Waals surface area contributed by atoms with Crippen molar-refractivity contribution in [2.75, 3.05) is 6.54 Å². The quantitative estimate of drug-likeness (QED) is 0.923. The Morgan fingerprint density at radius 1 is 1.33 bits per heavy atom. The van der Waals surface area contributed by atoms with Crippen molar-refractivity contribution in [2.45, 2.75) is 51.7 Å². The maximum absolute atomic E-state index is 5.66. The first kappa shape index (κ1) is 14.0. The van der Waals surface area contributed by atoms with Gasteiger partial charge in [0.05, 0.1) is 0 Å². The minimum Gasteiger partial charge on any atom is -0.326 e. The third-order valence-electron chi connectivity index (χ3n) is 3.92. The van der Waals surface area contributed by atoms with Crippen molar-refractivity contribution < 1.29 is 0 Å². The number of halogens is 1. The summed E-state index contributed by atoms with van der Waals surface area (Å²) in [5.74, 6) is 0. The van der Waals surface area contributed by atoms with Crippen LogP contribution in [0, 0.1) is 0 Å². The summed E-state index contributed by atoms with van der Waals surface area (Å²) in [5.41, 5.74) is 8.23. The van der Waals surface area contributed by atoms with Crippen molar-refractivity contribution in [2.24, 2.45) is 5.73 Å². The SMILES string of the molecule is CC1CCCCCN1Cc1ccc(CN)cc1Br. The van der Waals surface area contributed by atoms with Gasteiger partial charge in [0.1, 0.15) is 0 Å². The Labute approximate surface area is 119 Å². The fraction of sp³-hybridized carbons (Fsp3) is 0.600. The molecule has 0 amide bonds. The van der Waals surface area contributed by atoms with Crippen LogP contribution in [0.2, 0.25) is 0 Å². The summed E-state index contributed by atoms with van der Waals surface area (Å²) in [5, 5.41) is 0. The maximum Gasteiger partial charge on any atom is 0.0247 e. The second kappa shape index (κ2) is 6.69. The molecule has 1 unspecified atom stereocenters. The molecule has 0 spiro atoms. The van der Waals surface area contributed by atoms with Gasteiger partial charge in [-0.25, -0.2) is 0 Å². The summed E-state index contributed by atoms with van der Waals surface area (Å²) in [6, 6.07) is 7.21. The van der Waals surface area contributed by atoms with E-state index in [-0.39, 0.29) is 0 Å². The van der Waals surface area contributed by atoms with Gasteiger partial charge in [-0.3, -0.25) is 4.90 Å². The highest BCUT2D eigenvalue weighted by Gasteiger charge is 2.17. The first-order valence-electron chi connectivity index (χ1n) is 6.92. The van der Waals surface area contributed by atoms with Crippen molar-refractivity contribution in [3.8, 4) is 0 Å². The van der Waals surface area contributed by atoms with Crippen molar-refractivity contribution in [1.82, 2.24) is 4.90 Å². The molecule has 1 aromatic rings. The van der Waals surface area contributed by atoms with Gasteiger partial charge in [0.25, 0.3) is 0 Å². The molecule has 2 rings (SSSR count). The van der Waals surface area contributed by atoms with Crippen LogP contribution in [0.25, 0.3) is 0 Å². The van der Waals surface area contributed by atoms with Crippen LogP contribution in [0.3, 0.4) is 0 Å². The Bertz CT molecular complexity index is 392. The Morgan fingerprint density at radius 3 is 2.89 bits per heavy atom. The van der Waals surface area contributed by atoms with Crippen LogP contribution in [0.1, 0.15) is 43.7 Å². The maximum atomic E-state index is 5.66. The summed E-state index contributed by atoms with van der Waals surface area (Å²) < 4.78 is 1.20. The number of hydrogen-bond acceptors (Lipinski definition) is 2. The van der Waals surface area contributed by atoms with Gasteiger partial charge in [-0.1, -0.05) is 40.9 Å². The van der Waals surface area contributed by atoms with E-state index in [4.69, 9.17) is 5.73 Å². The molecule has 2 N–H and O–H groups in total. The minimum absolute atomic E-state index is 0.610. The number of nitrogens with zero attached hydrogens (tertiary/aromatic N) is 1. The molecular weight excluding hydrogens is 288 g/mol. The van der Waals surface area contributed by atoms with E-state index < -0.39 is 0 Å². The van der Waals surface area contributed by atoms with Crippen LogP contribution >= 0.6 is 15.9 Å². The van der Waals surface area contributed by atoms with Gasteiger partial charge in [0.15, 0.2) is 0 Å². The molecule has 18 heavy (non-hydrogen) atoms. The molecule has 0 aromatic heterocycles. The number of rotatable bonds is 3. The zero-order valence-corrected chi connectivity index (χ0v) is 12.7. The first-order chi connectivity index (χ1) is 8.70. The molecule has 1 saturated heterocycles. The van der Waals surface area contributed by atoms with Crippen molar-refractivity contribution in [3.05, 3.63) is 33.8 Å². The smallest absolute Gasteiger partial charge is 0.0247 e. The highest BCUT2D eigenvalue weighted by atomic mass is 79.9. The van der Waals surface area contributed by atoms with E-state index in [1.54, 1.807) is 0 Å². The van der Waals surface area contributed by atoms with Crippen molar-refractivity contribution >= 4 is 15.9 Å². The van der Waals surface area contributed by atoms with Crippen molar-refractivity contribution in [1.29, 1.82) is 0 Å². The number of benzene rings is 1. The lowest BCUT2D eigenvalue weighted by Crippen LogP contribution is -2.32. The van der Waals surface area contributed by atoms with Crippen LogP contribution in [0.5, 0.6) is 0 Å². The topological polar surface area (TPSA) is 29.3 Å². The van der Waals surface area contributed by atoms with Crippen LogP contribution < -0.4 is 5.73 Å². The van der Waals surface area contributed by atoms with Gasteiger partial charge in [-0.05, 0) is 43.5 Å². The molecule has 0 saturated carbocycles. The average Bonchev–Trinajstić information content (AvgIpc) is 2.57. The summed E-state index contributed by atoms with van der Waals surface area (Å²) in [4.78, 5) is 2.61. The predicted octanol–water partition coefficient (Wildman–Crippen LogP) is 3.67. The lowest BCUT2D eigenvalue weighted by atomic mass is 10.1. The lowest BCUT2D eigenvalue weighted by Gasteiger charge is -2.27. The second-order valence-corrected chi connectivity index (χ2v) is 6.15. The summed E-state index contributed by atoms with van der Waals surface area (Å²) in [7, 11) is 0. The Balaban J connectivity index is 2.07. The number of nitrogens with two attached hydrogens (primary N) is 1. The molecule has 0 aliphatic carbocycles. The van der Waals surface area contributed by atoms with E-state index in [0.29, 0.717) is 12.6 Å². The molecular formula is C15H23BrN2. The normalized spacial score (nSPS) is 21.8. The largest absolute Gasteiger partial charge is 0.326 e. The van der Waals surface area contributed by atoms with E-state index >= 15 is 0 Å². The van der Waals surface area contributed by atoms with Crippen LogP contribution in [0.4, 0.5) is 0 Å². The lowest BCUT2D eigenvalue weighted by molar-refractivity contribution is 0.204. The molecule has 100 valence electrons. The van der Waals surface area contributed by atoms with Gasteiger partial charge < -0.3 is 5.73 Å². The number of hydrogen-bond donors (Lipinski definition) is 1. The van der Waals surface area contributed by atoms with E-state index in [1.165, 1.54) is 47.8 Å². The monoisotopic (exact) mass is 310 g/mol. The third-order valence-corrected chi connectivity index (χ3v) is 4.66. The molecule has 1 heterocycles. The Kier molecular flexibility index (Phi) is 5.22. The Morgan fingerprint density at radius 2 is 2.17 bits per heavy atom. The average molecular weight is 311 g/mol. The molecule has 2 nitrogen and oxygen atoms in total. The zero-order valence-electron chi connectivity index (χ0n) is 11.2. The fourth-order valence-electron chi connectivity index (χ4n) is 2.63. The molecule has 1 aromatic carbocycles. The van der Waals surface area contributed by atoms with Crippen LogP contribution in [0.15, 0.2) is 22.7 Å². The van der Waals surface area contributed by atoms with E-state index in [2.05, 4.69) is 46.0 Å². The van der Waals surface area contributed by atoms with E-state index in [1.807, 2.05) is 0 Å². The molecule has 3 heteroatoms. The van der Waals surface area contributed by atoms with Gasteiger partial charge >= 0.3 is 0 Å². The van der Waals surface area contributed by atoms with Gasteiger partial charge in [-0.2, -0.15) is 0 Å². The molecule has 1 aliphatic rings. The predicted molar refractivity (Wildman–Crippen MR) is 80.4 cm³/mol. The number of likely N-dealkylation sites (tertiary alicyclic amines) is 1. The van der Waals surface area contributed by atoms with Gasteiger partial charge in [-0.15, -0.1) is 0 Å². The van der Waals surface area contributed by atoms with Crippen LogP contribution in [-0.4, -0.2) is 17.5 Å². The standard InChI is InChI=1S/C15H23BrN2/c1-12-5-3-2-4-8-18(12)11-14-7-6-13(10-17)9-15(14)16/h6-7,9,12H,2-5,8,10-11,17H2,1H3. The second-order valence-electron chi connectivity index (χ2n) is 5.30. The molecule has 0 bridgehead atoms. The molecule has 0 radical (unpaired) electrons. The van der Waals surface area contributed by atoms with Crippen molar-refractivity contribution in [3.63, 3.8) is 0 Å². The minimum atomic E-state index is 0.610. The molecule has 1 fully saturated rings. The Hall–Kier alpha value is -0.380. The van der Waals surface area contributed by atoms with E-state index in [9.17, 15) is 0 Å². The van der Waals surface area contributed by atoms with Gasteiger partial charge in [0.2, 0.25) is 0 Å². The summed E-state index contributed by atoms with van der Waals surface area (Å²) in [6.07, 6.45) is 5.43.